The second kappa shape index (κ2) is 9.67. The smallest absolute Gasteiger partial charge is 0.330 e. The van der Waals surface area contributed by atoms with Crippen LogP contribution in [0.3, 0.4) is 0 Å². The summed E-state index contributed by atoms with van der Waals surface area (Å²) in [5.41, 5.74) is 6.43. The number of hydrogen-bond donors (Lipinski definition) is 1. The lowest BCUT2D eigenvalue weighted by atomic mass is 9.94. The van der Waals surface area contributed by atoms with Gasteiger partial charge in [-0.1, -0.05) is 73.3 Å². The molecule has 0 heterocycles. The number of ether oxygens (including phenoxy) is 1. The lowest BCUT2D eigenvalue weighted by Gasteiger charge is -2.13. The van der Waals surface area contributed by atoms with Crippen molar-refractivity contribution >= 4 is 5.97 Å². The summed E-state index contributed by atoms with van der Waals surface area (Å²) in [5, 5.41) is 8.99. The van der Waals surface area contributed by atoms with E-state index in [1.54, 1.807) is 0 Å². The van der Waals surface area contributed by atoms with Crippen LogP contribution in [0.2, 0.25) is 0 Å². The number of esters is 1. The van der Waals surface area contributed by atoms with E-state index in [0.29, 0.717) is 0 Å². The molecule has 3 aromatic rings. The summed E-state index contributed by atoms with van der Waals surface area (Å²) in [6.07, 6.45) is 2.79. The van der Waals surface area contributed by atoms with E-state index in [0.717, 1.165) is 40.7 Å². The molecule has 3 nitrogen and oxygen atoms in total. The number of hydrogen-bond acceptors (Lipinski definition) is 3. The fraction of sp³-hybridized carbons (Fsp3) is 0.160. The van der Waals surface area contributed by atoms with Crippen LogP contribution in [0.25, 0.3) is 22.3 Å². The topological polar surface area (TPSA) is 46.5 Å². The van der Waals surface area contributed by atoms with E-state index in [4.69, 9.17) is 9.84 Å². The molecule has 0 aromatic heterocycles. The summed E-state index contributed by atoms with van der Waals surface area (Å²) in [5.74, 6) is -0.435. The van der Waals surface area contributed by atoms with Crippen molar-refractivity contribution in [3.05, 3.63) is 96.6 Å². The molecule has 0 spiro atoms. The zero-order valence-electron chi connectivity index (χ0n) is 15.8. The van der Waals surface area contributed by atoms with Gasteiger partial charge in [-0.3, -0.25) is 0 Å². The monoisotopic (exact) mass is 372 g/mol. The highest BCUT2D eigenvalue weighted by Crippen LogP contribution is 2.30. The standard InChI is InChI=1S/C25H24O3/c1-2-25(27)28-18-23-17-22(20-8-4-3-5-9-20)14-15-24(23)21-12-10-19(11-13-21)7-6-16-26/h2-5,8-15,17,26H,1,6-7,16,18H2. The maximum absolute atomic E-state index is 11.6. The molecule has 142 valence electrons. The largest absolute Gasteiger partial charge is 0.458 e. The van der Waals surface area contributed by atoms with Gasteiger partial charge in [-0.2, -0.15) is 0 Å². The number of rotatable bonds is 8. The van der Waals surface area contributed by atoms with E-state index >= 15 is 0 Å². The molecule has 0 radical (unpaired) electrons. The molecule has 3 aromatic carbocycles. The van der Waals surface area contributed by atoms with Crippen LogP contribution in [-0.4, -0.2) is 17.7 Å². The Morgan fingerprint density at radius 2 is 1.64 bits per heavy atom. The fourth-order valence-corrected chi connectivity index (χ4v) is 3.15. The number of aliphatic hydroxyl groups excluding tert-OH is 1. The SMILES string of the molecule is C=CC(=O)OCc1cc(-c2ccccc2)ccc1-c1ccc(CCCO)cc1. The third kappa shape index (κ3) is 4.96. The van der Waals surface area contributed by atoms with Gasteiger partial charge in [0.1, 0.15) is 6.61 Å². The molecule has 0 aliphatic rings. The summed E-state index contributed by atoms with van der Waals surface area (Å²) in [7, 11) is 0. The molecule has 0 aliphatic carbocycles. The minimum atomic E-state index is -0.435. The first-order valence-corrected chi connectivity index (χ1v) is 9.39. The minimum absolute atomic E-state index is 0.188. The number of benzene rings is 3. The number of carbonyl (C=O) groups excluding carboxylic acids is 1. The van der Waals surface area contributed by atoms with E-state index in [-0.39, 0.29) is 13.2 Å². The molecule has 3 heteroatoms. The van der Waals surface area contributed by atoms with Crippen LogP contribution < -0.4 is 0 Å². The van der Waals surface area contributed by atoms with Crippen molar-refractivity contribution in [3.63, 3.8) is 0 Å². The molecule has 1 N–H and O–H groups in total. The molecular weight excluding hydrogens is 348 g/mol. The molecule has 0 unspecified atom stereocenters. The van der Waals surface area contributed by atoms with Crippen LogP contribution >= 0.6 is 0 Å². The van der Waals surface area contributed by atoms with Crippen molar-refractivity contribution < 1.29 is 14.6 Å². The minimum Gasteiger partial charge on any atom is -0.458 e. The van der Waals surface area contributed by atoms with Gasteiger partial charge in [-0.05, 0) is 52.3 Å². The van der Waals surface area contributed by atoms with Gasteiger partial charge in [0.05, 0.1) is 0 Å². The Morgan fingerprint density at radius 3 is 2.32 bits per heavy atom. The summed E-state index contributed by atoms with van der Waals surface area (Å²) in [4.78, 5) is 11.6. The molecule has 0 saturated heterocycles. The Labute approximate surface area is 165 Å². The lowest BCUT2D eigenvalue weighted by molar-refractivity contribution is -0.138. The van der Waals surface area contributed by atoms with Crippen molar-refractivity contribution in [3.8, 4) is 22.3 Å². The highest BCUT2D eigenvalue weighted by Gasteiger charge is 2.10. The van der Waals surface area contributed by atoms with Gasteiger partial charge in [0, 0.05) is 12.7 Å². The van der Waals surface area contributed by atoms with Gasteiger partial charge in [-0.15, -0.1) is 0 Å². The summed E-state index contributed by atoms with van der Waals surface area (Å²) < 4.78 is 5.32. The van der Waals surface area contributed by atoms with Crippen molar-refractivity contribution in [2.24, 2.45) is 0 Å². The number of aryl methyl sites for hydroxylation is 1. The fourth-order valence-electron chi connectivity index (χ4n) is 3.15. The third-order valence-electron chi connectivity index (χ3n) is 4.64. The lowest BCUT2D eigenvalue weighted by Crippen LogP contribution is -2.02. The number of aliphatic hydroxyl groups is 1. The first-order valence-electron chi connectivity index (χ1n) is 9.39. The van der Waals surface area contributed by atoms with Gasteiger partial charge in [-0.25, -0.2) is 4.79 Å². The highest BCUT2D eigenvalue weighted by atomic mass is 16.5. The Balaban J connectivity index is 1.94. The molecule has 0 amide bonds. The molecule has 0 atom stereocenters. The van der Waals surface area contributed by atoms with Crippen molar-refractivity contribution in [1.29, 1.82) is 0 Å². The third-order valence-corrected chi connectivity index (χ3v) is 4.64. The molecular formula is C25H24O3. The maximum atomic E-state index is 11.6. The van der Waals surface area contributed by atoms with E-state index in [1.807, 2.05) is 18.2 Å². The number of carbonyl (C=O) groups is 1. The van der Waals surface area contributed by atoms with Crippen LogP contribution in [0.15, 0.2) is 85.5 Å². The van der Waals surface area contributed by atoms with E-state index in [2.05, 4.69) is 61.2 Å². The van der Waals surface area contributed by atoms with Crippen LogP contribution in [-0.2, 0) is 22.6 Å². The second-order valence-electron chi connectivity index (χ2n) is 6.57. The van der Waals surface area contributed by atoms with E-state index in [9.17, 15) is 4.79 Å². The predicted octanol–water partition coefficient (Wildman–Crippen LogP) is 5.17. The molecule has 3 rings (SSSR count). The van der Waals surface area contributed by atoms with Gasteiger partial charge < -0.3 is 9.84 Å². The van der Waals surface area contributed by atoms with Crippen molar-refractivity contribution in [1.82, 2.24) is 0 Å². The quantitative estimate of drug-likeness (QED) is 0.438. The Bertz CT molecular complexity index is 928. The predicted molar refractivity (Wildman–Crippen MR) is 113 cm³/mol. The van der Waals surface area contributed by atoms with Crippen molar-refractivity contribution in [2.75, 3.05) is 6.61 Å². The van der Waals surface area contributed by atoms with Gasteiger partial charge in [0.25, 0.3) is 0 Å². The highest BCUT2D eigenvalue weighted by molar-refractivity contribution is 5.81. The van der Waals surface area contributed by atoms with Crippen molar-refractivity contribution in [2.45, 2.75) is 19.4 Å². The van der Waals surface area contributed by atoms with E-state index < -0.39 is 5.97 Å². The second-order valence-corrected chi connectivity index (χ2v) is 6.57. The zero-order chi connectivity index (χ0) is 19.8. The summed E-state index contributed by atoms with van der Waals surface area (Å²) in [6.45, 7) is 3.84. The van der Waals surface area contributed by atoms with Gasteiger partial charge in [0.2, 0.25) is 0 Å². The average molecular weight is 372 g/mol. The Hall–Kier alpha value is -3.17. The maximum Gasteiger partial charge on any atom is 0.330 e. The zero-order valence-corrected chi connectivity index (χ0v) is 15.8. The molecule has 0 bridgehead atoms. The molecule has 0 saturated carbocycles. The Morgan fingerprint density at radius 1 is 0.929 bits per heavy atom. The first kappa shape index (κ1) is 19.6. The van der Waals surface area contributed by atoms with Gasteiger partial charge >= 0.3 is 5.97 Å². The summed E-state index contributed by atoms with van der Waals surface area (Å²) >= 11 is 0. The average Bonchev–Trinajstić information content (AvgIpc) is 2.77. The van der Waals surface area contributed by atoms with Gasteiger partial charge in [0.15, 0.2) is 0 Å². The normalized spacial score (nSPS) is 10.5. The van der Waals surface area contributed by atoms with Crippen LogP contribution in [0.4, 0.5) is 0 Å². The first-order chi connectivity index (χ1) is 13.7. The summed E-state index contributed by atoms with van der Waals surface area (Å²) in [6, 6.07) is 24.7. The Kier molecular flexibility index (Phi) is 6.77. The van der Waals surface area contributed by atoms with E-state index in [1.165, 1.54) is 11.6 Å². The van der Waals surface area contributed by atoms with Crippen LogP contribution in [0.1, 0.15) is 17.5 Å². The molecule has 0 aliphatic heterocycles. The molecule has 28 heavy (non-hydrogen) atoms. The van der Waals surface area contributed by atoms with Crippen LogP contribution in [0.5, 0.6) is 0 Å². The van der Waals surface area contributed by atoms with Crippen LogP contribution in [0, 0.1) is 0 Å². The molecule has 0 fully saturated rings.